The van der Waals surface area contributed by atoms with E-state index in [4.69, 9.17) is 0 Å². The van der Waals surface area contributed by atoms with Gasteiger partial charge < -0.3 is 0 Å². The van der Waals surface area contributed by atoms with Gasteiger partial charge in [0.25, 0.3) is 0 Å². The molecule has 0 radical (unpaired) electrons. The van der Waals surface area contributed by atoms with Crippen LogP contribution < -0.4 is 0 Å². The Labute approximate surface area is 913 Å². The molecule has 2 aliphatic rings. The van der Waals surface area contributed by atoms with Crippen LogP contribution in [0.1, 0.15) is 355 Å². The summed E-state index contributed by atoms with van der Waals surface area (Å²) in [5, 5.41) is 0. The predicted octanol–water partition coefficient (Wildman–Crippen LogP) is 48.0. The van der Waals surface area contributed by atoms with Crippen LogP contribution in [0.4, 0.5) is 13.2 Å². The van der Waals surface area contributed by atoms with Gasteiger partial charge in [0.2, 0.25) is 0 Å². The molecule has 0 saturated heterocycles. The molecule has 12 aromatic carbocycles. The van der Waals surface area contributed by atoms with Crippen LogP contribution in [0, 0.1) is 74.7 Å². The van der Waals surface area contributed by atoms with Gasteiger partial charge in [0.05, 0.1) is 0 Å². The van der Waals surface area contributed by atoms with Crippen LogP contribution in [-0.4, -0.2) is 52.6 Å². The molecule has 1 saturated carbocycles. The van der Waals surface area contributed by atoms with E-state index in [0.717, 1.165) is 12.5 Å². The van der Waals surface area contributed by atoms with Crippen molar-refractivity contribution in [1.82, 2.24) is 0 Å². The summed E-state index contributed by atoms with van der Waals surface area (Å²) in [7, 11) is -2.67. The normalized spacial score (nSPS) is 9.15. The Kier molecular flexibility index (Phi) is 206. The zero-order valence-corrected chi connectivity index (χ0v) is 106. The van der Waals surface area contributed by atoms with E-state index < -0.39 is 16.0 Å². The van der Waals surface area contributed by atoms with Crippen molar-refractivity contribution in [3.8, 4) is 11.1 Å². The van der Waals surface area contributed by atoms with Crippen LogP contribution in [0.15, 0.2) is 352 Å². The molecule has 0 N–H and O–H groups in total. The molecule has 826 valence electrons. The molecule has 12 aromatic rings. The first-order valence-electron chi connectivity index (χ1n) is 52.9. The van der Waals surface area contributed by atoms with Crippen molar-refractivity contribution in [1.29, 1.82) is 0 Å². The third kappa shape index (κ3) is 162. The van der Waals surface area contributed by atoms with Crippen LogP contribution >= 0.6 is 46.4 Å². The maximum Gasteiger partial charge on any atom is 0.386 e. The highest BCUT2D eigenvalue weighted by Crippen LogP contribution is 2.48. The highest BCUT2D eigenvalue weighted by atomic mass is 35.5. The SMILES string of the molecule is CC.CC.CC.CC.CC.CC.CC.CC.CC.CC.CC.CC.CC.CC.CC.CC.CC(F)(F)F.CC1(C)CCCCC1.CC1(C)c2ccccc2-c2ccccc21.CCl.CCl.CCl.CCl.CS(C)(=O)=O.Cc1ccccc1.Cc1ccccc1.Cc1ccccc1.Cc1ccccc1.Cc1ccccc1.Cc1ccccc1.Cc1ccccc1.Cc1ccccc1.Cc1ccccc1.Cc1ccccc1. The number of halogens is 7. The number of sulfone groups is 1. The van der Waals surface area contributed by atoms with E-state index in [1.54, 1.807) is 0 Å². The zero-order valence-electron chi connectivity index (χ0n) is 102. The van der Waals surface area contributed by atoms with Crippen LogP contribution in [-0.2, 0) is 15.3 Å². The molecule has 1 fully saturated rings. The van der Waals surface area contributed by atoms with E-state index in [2.05, 4.69) is 313 Å². The first-order chi connectivity index (χ1) is 68.9. The first-order valence-corrected chi connectivity index (χ1v) is 58.3. The van der Waals surface area contributed by atoms with Gasteiger partial charge in [0.15, 0.2) is 0 Å². The average Bonchev–Trinajstić information content (AvgIpc) is 1.59. The molecule has 0 unspecified atom stereocenters. The molecule has 0 bridgehead atoms. The maximum atomic E-state index is 10.4. The fourth-order valence-corrected chi connectivity index (χ4v) is 9.52. The van der Waals surface area contributed by atoms with Crippen LogP contribution in [0.25, 0.3) is 11.1 Å². The summed E-state index contributed by atoms with van der Waals surface area (Å²) in [6.07, 6.45) is 11.5. The quantitative estimate of drug-likeness (QED) is 0.142. The van der Waals surface area contributed by atoms with Crippen molar-refractivity contribution >= 4 is 56.2 Å². The number of hydrogen-bond donors (Lipinski definition) is 0. The molecule has 0 heterocycles. The summed E-state index contributed by atoms with van der Waals surface area (Å²) < 4.78 is 50.3. The van der Waals surface area contributed by atoms with Crippen molar-refractivity contribution in [2.45, 2.75) is 369 Å². The van der Waals surface area contributed by atoms with Gasteiger partial charge in [-0.05, 0) is 110 Å². The summed E-state index contributed by atoms with van der Waals surface area (Å²) >= 11 is 18.6. The molecule has 0 amide bonds. The Balaban J connectivity index is -0.0000000620. The van der Waals surface area contributed by atoms with Gasteiger partial charge in [-0.2, -0.15) is 13.2 Å². The van der Waals surface area contributed by atoms with E-state index in [-0.39, 0.29) is 12.3 Å². The minimum Gasteiger partial charge on any atom is -0.229 e. The molecule has 0 aliphatic heterocycles. The van der Waals surface area contributed by atoms with Crippen LogP contribution in [0.3, 0.4) is 0 Å². The Morgan fingerprint density at radius 1 is 0.203 bits per heavy atom. The lowest BCUT2D eigenvalue weighted by Crippen LogP contribution is -2.14. The van der Waals surface area contributed by atoms with Crippen molar-refractivity contribution in [3.63, 3.8) is 0 Å². The molecular weight excluding hydrogens is 1860 g/mol. The maximum absolute atomic E-state index is 10.4. The highest BCUT2D eigenvalue weighted by Gasteiger charge is 2.34. The third-order valence-corrected chi connectivity index (χ3v) is 15.1. The van der Waals surface area contributed by atoms with Gasteiger partial charge >= 0.3 is 6.18 Å². The van der Waals surface area contributed by atoms with E-state index >= 15 is 0 Å². The number of rotatable bonds is 0. The van der Waals surface area contributed by atoms with E-state index in [1.165, 1.54) is 136 Å². The Morgan fingerprint density at radius 2 is 0.294 bits per heavy atom. The van der Waals surface area contributed by atoms with Gasteiger partial charge in [-0.25, -0.2) is 8.42 Å². The third-order valence-electron chi connectivity index (χ3n) is 15.1. The lowest BCUT2D eigenvalue weighted by Gasteiger charge is -2.28. The van der Waals surface area contributed by atoms with Crippen molar-refractivity contribution in [3.05, 3.63) is 419 Å². The van der Waals surface area contributed by atoms with E-state index in [9.17, 15) is 21.6 Å². The van der Waals surface area contributed by atoms with Crippen LogP contribution in [0.5, 0.6) is 0 Å². The molecule has 0 atom stereocenters. The molecule has 0 spiro atoms. The van der Waals surface area contributed by atoms with Crippen molar-refractivity contribution < 1.29 is 21.6 Å². The van der Waals surface area contributed by atoms with Gasteiger partial charge in [-0.3, -0.25) is 0 Å². The molecule has 143 heavy (non-hydrogen) atoms. The second-order valence-corrected chi connectivity index (χ2v) is 29.2. The molecule has 2 aliphatic carbocycles. The molecule has 2 nitrogen and oxygen atoms in total. The highest BCUT2D eigenvalue weighted by molar-refractivity contribution is 7.89. The van der Waals surface area contributed by atoms with Crippen molar-refractivity contribution in [2.24, 2.45) is 5.41 Å². The molecule has 14 rings (SSSR count). The standard InChI is InChI=1S/C15H14.C8H16.10C7H8.C2H3F3.C2H6O2S.16C2H6.4CH3Cl/c1-15(2)13-9-5-3-7-11(13)12-8-4-6-10-14(12)15;1-8(2)6-4-3-5-7-8;10*1-7-5-3-2-4-6-7;1-2(3,4)5;1-5(2,3)4;20*1-2/h3-10H,1-2H3;3-7H2,1-2H3;10*2-6H,1H3;1H3;1-2H3;16*1-2H3;4*1H3. The number of fused-ring (bicyclic) bond motifs is 3. The first kappa shape index (κ1) is 183. The van der Waals surface area contributed by atoms with Gasteiger partial charge in [-0.1, -0.05) is 676 Å². The minimum absolute atomic E-state index is 0.160. The number of benzene rings is 12. The molecule has 0 aromatic heterocycles. The summed E-state index contributed by atoms with van der Waals surface area (Å²) in [4.78, 5) is 0. The molecule has 10 heteroatoms. The monoisotopic (exact) mass is 2090 g/mol. The van der Waals surface area contributed by atoms with Crippen molar-refractivity contribution in [2.75, 3.05) is 38.0 Å². The fraction of sp³-hybridized carbons (Fsp3) is 0.459. The summed E-state index contributed by atoms with van der Waals surface area (Å²) in [5.41, 5.74) is 19.8. The second kappa shape index (κ2) is 161. The number of alkyl halides is 7. The largest absolute Gasteiger partial charge is 0.386 e. The fourth-order valence-electron chi connectivity index (χ4n) is 9.52. The Hall–Kier alpha value is -8.46. The lowest BCUT2D eigenvalue weighted by molar-refractivity contribution is -0.110. The minimum atomic E-state index is -4.00. The van der Waals surface area contributed by atoms with Crippen LogP contribution in [0.2, 0.25) is 0 Å². The average molecular weight is 2090 g/mol. The van der Waals surface area contributed by atoms with Gasteiger partial charge in [0.1, 0.15) is 9.84 Å². The smallest absolute Gasteiger partial charge is 0.229 e. The summed E-state index contributed by atoms with van der Waals surface area (Å²) in [5.74, 6) is 0. The van der Waals surface area contributed by atoms with E-state index in [1.807, 2.05) is 404 Å². The van der Waals surface area contributed by atoms with E-state index in [0.29, 0.717) is 5.41 Å². The lowest BCUT2D eigenvalue weighted by atomic mass is 9.78. The second-order valence-electron chi connectivity index (χ2n) is 26.9. The summed E-state index contributed by atoms with van der Waals surface area (Å²) in [6.45, 7) is 94.4. The van der Waals surface area contributed by atoms with Gasteiger partial charge in [0, 0.05) is 50.4 Å². The number of hydrogen-bond acceptors (Lipinski definition) is 2. The Bertz CT molecular complexity index is 3360. The van der Waals surface area contributed by atoms with Gasteiger partial charge in [-0.15, -0.1) is 46.4 Å². The number of aryl methyl sites for hydroxylation is 10. The summed E-state index contributed by atoms with van der Waals surface area (Å²) in [6, 6.07) is 120. The topological polar surface area (TPSA) is 34.1 Å². The Morgan fingerprint density at radius 3 is 0.371 bits per heavy atom. The molecular formula is C133H227Cl4F3O2S. The zero-order chi connectivity index (χ0) is 117. The predicted molar refractivity (Wildman–Crippen MR) is 674 cm³/mol.